The molecule has 2 rings (SSSR count). The number of aliphatic hydroxyl groups is 1. The number of unbranched alkanes of at least 4 members (excludes halogenated alkanes) is 2. The number of anilines is 1. The van der Waals surface area contributed by atoms with Gasteiger partial charge in [0.25, 0.3) is 0 Å². The van der Waals surface area contributed by atoms with Gasteiger partial charge in [0, 0.05) is 31.3 Å². The monoisotopic (exact) mass is 658 g/mol. The normalized spacial score (nSPS) is 15.6. The van der Waals surface area contributed by atoms with Gasteiger partial charge in [-0.05, 0) is 76.1 Å². The minimum absolute atomic E-state index is 0.0830. The smallest absolute Gasteiger partial charge is 0.312 e. The maximum atomic E-state index is 13.4. The van der Waals surface area contributed by atoms with Crippen molar-refractivity contribution in [2.45, 2.75) is 98.1 Å². The lowest BCUT2D eigenvalue weighted by molar-refractivity contribution is -0.154. The number of urea groups is 1. The lowest BCUT2D eigenvalue weighted by atomic mass is 9.97. The number of aliphatic hydroxyl groups excluding tert-OH is 1. The van der Waals surface area contributed by atoms with Gasteiger partial charge in [0.2, 0.25) is 23.6 Å². The predicted octanol–water partition coefficient (Wildman–Crippen LogP) is 2.07. The van der Waals surface area contributed by atoms with Gasteiger partial charge in [0.1, 0.15) is 24.9 Å². The number of nitrogens with one attached hydrogen (secondary N) is 4. The zero-order valence-electron chi connectivity index (χ0n) is 28.0. The predicted molar refractivity (Wildman–Crippen MR) is 175 cm³/mol. The molecule has 14 heteroatoms. The first-order valence-electron chi connectivity index (χ1n) is 16.0. The van der Waals surface area contributed by atoms with E-state index in [1.165, 1.54) is 17.1 Å². The van der Waals surface area contributed by atoms with Crippen LogP contribution in [0.25, 0.3) is 0 Å². The Morgan fingerprint density at radius 3 is 2.23 bits per heavy atom. The zero-order valence-corrected chi connectivity index (χ0v) is 28.0. The highest BCUT2D eigenvalue weighted by atomic mass is 16.5. The van der Waals surface area contributed by atoms with Crippen molar-refractivity contribution >= 4 is 41.3 Å². The van der Waals surface area contributed by atoms with Crippen LogP contribution in [0.15, 0.2) is 36.4 Å². The van der Waals surface area contributed by atoms with Crippen LogP contribution in [0.4, 0.5) is 10.5 Å². The maximum absolute atomic E-state index is 13.4. The van der Waals surface area contributed by atoms with Gasteiger partial charge in [0.15, 0.2) is 0 Å². The molecule has 0 saturated heterocycles. The van der Waals surface area contributed by atoms with Crippen LogP contribution in [0, 0.1) is 11.3 Å². The number of primary amides is 1. The number of nitrogens with two attached hydrogens (primary N) is 1. The van der Waals surface area contributed by atoms with Crippen molar-refractivity contribution in [1.82, 2.24) is 20.9 Å². The number of rotatable bonds is 18. The number of nitrogens with zero attached hydrogens (tertiary/aromatic N) is 1. The molecule has 1 aromatic carbocycles. The average molecular weight is 659 g/mol. The Morgan fingerprint density at radius 1 is 0.979 bits per heavy atom. The van der Waals surface area contributed by atoms with Crippen LogP contribution in [-0.4, -0.2) is 77.0 Å². The van der Waals surface area contributed by atoms with Gasteiger partial charge in [-0.2, -0.15) is 0 Å². The molecule has 1 unspecified atom stereocenters. The van der Waals surface area contributed by atoms with E-state index in [0.29, 0.717) is 37.9 Å². The van der Waals surface area contributed by atoms with Crippen molar-refractivity contribution in [1.29, 1.82) is 0 Å². The fraction of sp³-hybridized carbons (Fsp3) is 0.576. The molecule has 0 bridgehead atoms. The molecule has 1 aliphatic heterocycles. The van der Waals surface area contributed by atoms with E-state index in [0.717, 1.165) is 5.56 Å². The number of ether oxygens (including phenoxy) is 1. The molecule has 0 fully saturated rings. The van der Waals surface area contributed by atoms with Crippen LogP contribution in [0.3, 0.4) is 0 Å². The van der Waals surface area contributed by atoms with E-state index in [1.807, 2.05) is 0 Å². The lowest BCUT2D eigenvalue weighted by Crippen LogP contribution is -2.54. The van der Waals surface area contributed by atoms with Crippen LogP contribution in [0.2, 0.25) is 0 Å². The fourth-order valence-corrected chi connectivity index (χ4v) is 4.59. The van der Waals surface area contributed by atoms with Crippen LogP contribution in [0.5, 0.6) is 0 Å². The molecule has 7 N–H and O–H groups in total. The Bertz CT molecular complexity index is 1270. The molecule has 1 aliphatic rings. The van der Waals surface area contributed by atoms with Crippen LogP contribution < -0.4 is 27.0 Å². The summed E-state index contributed by atoms with van der Waals surface area (Å²) >= 11 is 0. The molecule has 0 radical (unpaired) electrons. The second-order valence-electron chi connectivity index (χ2n) is 12.9. The number of hydrogen-bond acceptors (Lipinski definition) is 8. The zero-order chi connectivity index (χ0) is 35.1. The highest BCUT2D eigenvalue weighted by Gasteiger charge is 2.29. The molecule has 0 spiro atoms. The summed E-state index contributed by atoms with van der Waals surface area (Å²) < 4.78 is 5.33. The molecule has 6 amide bonds. The molecule has 0 aliphatic carbocycles. The van der Waals surface area contributed by atoms with E-state index in [-0.39, 0.29) is 49.7 Å². The van der Waals surface area contributed by atoms with E-state index in [2.05, 4.69) is 21.3 Å². The standard InChI is InChI=1S/C33H50N6O8/c1-21(2)28(38-25(40)11-7-6-8-19-39-26(41)16-17-27(39)42)30(44)37-24(10-9-18-35-32(34)46)29(43)36-23-14-12-22(13-15-23)20-47-31(45)33(3,4)5/h12-17,21,24,26,28,41H,6-11,18-20H2,1-5H3,(H,36,43)(H,37,44)(H,38,40)(H3,34,35,46)/t24-,26?,28-/m0/s1. The Balaban J connectivity index is 1.95. The minimum Gasteiger partial charge on any atom is -0.460 e. The molecular formula is C33H50N6O8. The Morgan fingerprint density at radius 2 is 1.66 bits per heavy atom. The molecule has 0 aromatic heterocycles. The Kier molecular flexibility index (Phi) is 15.3. The van der Waals surface area contributed by atoms with Crippen molar-refractivity contribution in [3.63, 3.8) is 0 Å². The van der Waals surface area contributed by atoms with Gasteiger partial charge in [-0.15, -0.1) is 0 Å². The first-order chi connectivity index (χ1) is 22.1. The van der Waals surface area contributed by atoms with E-state index in [9.17, 15) is 33.9 Å². The quantitative estimate of drug-likeness (QED) is 0.101. The van der Waals surface area contributed by atoms with Crippen molar-refractivity contribution in [2.75, 3.05) is 18.4 Å². The third-order valence-electron chi connectivity index (χ3n) is 7.39. The van der Waals surface area contributed by atoms with Crippen molar-refractivity contribution in [2.24, 2.45) is 17.1 Å². The third kappa shape index (κ3) is 13.8. The molecule has 0 saturated carbocycles. The number of carbonyl (C=O) groups is 6. The van der Waals surface area contributed by atoms with Gasteiger partial charge in [-0.25, -0.2) is 4.79 Å². The molecule has 1 heterocycles. The lowest BCUT2D eigenvalue weighted by Gasteiger charge is -2.25. The summed E-state index contributed by atoms with van der Waals surface area (Å²) in [6.45, 7) is 9.51. The van der Waals surface area contributed by atoms with Crippen molar-refractivity contribution < 1.29 is 38.6 Å². The first-order valence-corrected chi connectivity index (χ1v) is 16.0. The van der Waals surface area contributed by atoms with Gasteiger partial charge < -0.3 is 41.7 Å². The number of benzene rings is 1. The van der Waals surface area contributed by atoms with E-state index < -0.39 is 41.6 Å². The van der Waals surface area contributed by atoms with Crippen LogP contribution >= 0.6 is 0 Å². The fourth-order valence-electron chi connectivity index (χ4n) is 4.59. The topological polar surface area (TPSA) is 209 Å². The second-order valence-corrected chi connectivity index (χ2v) is 12.9. The maximum Gasteiger partial charge on any atom is 0.312 e. The van der Waals surface area contributed by atoms with E-state index >= 15 is 0 Å². The SMILES string of the molecule is CC(C)[C@H](NC(=O)CCCCCN1C(=O)C=CC1O)C(=O)N[C@@H](CCCNC(N)=O)C(=O)Nc1ccc(COC(=O)C(C)(C)C)cc1. The summed E-state index contributed by atoms with van der Waals surface area (Å²) in [5.41, 5.74) is 5.71. The number of hydrogen-bond donors (Lipinski definition) is 6. The number of amides is 6. The summed E-state index contributed by atoms with van der Waals surface area (Å²) in [4.78, 5) is 75.6. The summed E-state index contributed by atoms with van der Waals surface area (Å²) in [5.74, 6) is -2.20. The number of esters is 1. The number of carbonyl (C=O) groups excluding carboxylic acids is 6. The summed E-state index contributed by atoms with van der Waals surface area (Å²) in [5, 5.41) is 20.5. The van der Waals surface area contributed by atoms with Gasteiger partial charge >= 0.3 is 12.0 Å². The molecule has 14 nitrogen and oxygen atoms in total. The van der Waals surface area contributed by atoms with Gasteiger partial charge in [-0.1, -0.05) is 32.4 Å². The molecular weight excluding hydrogens is 608 g/mol. The summed E-state index contributed by atoms with van der Waals surface area (Å²) in [7, 11) is 0. The average Bonchev–Trinajstić information content (AvgIpc) is 3.32. The summed E-state index contributed by atoms with van der Waals surface area (Å²) in [6.07, 6.45) is 4.31. The van der Waals surface area contributed by atoms with E-state index in [1.54, 1.807) is 58.9 Å². The van der Waals surface area contributed by atoms with Gasteiger partial charge in [0.05, 0.1) is 5.41 Å². The van der Waals surface area contributed by atoms with Crippen molar-refractivity contribution in [3.05, 3.63) is 42.0 Å². The third-order valence-corrected chi connectivity index (χ3v) is 7.39. The summed E-state index contributed by atoms with van der Waals surface area (Å²) in [6, 6.07) is 4.15. The second kappa shape index (κ2) is 18.6. The highest BCUT2D eigenvalue weighted by molar-refractivity contribution is 5.98. The van der Waals surface area contributed by atoms with E-state index in [4.69, 9.17) is 10.5 Å². The molecule has 3 atom stereocenters. The Labute approximate surface area is 276 Å². The molecule has 47 heavy (non-hydrogen) atoms. The van der Waals surface area contributed by atoms with Gasteiger partial charge in [-0.3, -0.25) is 24.0 Å². The van der Waals surface area contributed by atoms with Crippen molar-refractivity contribution in [3.8, 4) is 0 Å². The Hall–Kier alpha value is -4.46. The van der Waals surface area contributed by atoms with Crippen LogP contribution in [0.1, 0.15) is 78.7 Å². The first kappa shape index (κ1) is 38.7. The molecule has 1 aromatic rings. The highest BCUT2D eigenvalue weighted by Crippen LogP contribution is 2.18. The van der Waals surface area contributed by atoms with Crippen LogP contribution in [-0.2, 0) is 35.3 Å². The molecule has 260 valence electrons. The largest absolute Gasteiger partial charge is 0.460 e. The minimum atomic E-state index is -0.985.